The van der Waals surface area contributed by atoms with Crippen molar-refractivity contribution in [1.82, 2.24) is 9.97 Å². The van der Waals surface area contributed by atoms with Crippen molar-refractivity contribution in [3.05, 3.63) is 16.0 Å². The van der Waals surface area contributed by atoms with Gasteiger partial charge >= 0.3 is 0 Å². The fourth-order valence-corrected chi connectivity index (χ4v) is 2.90. The van der Waals surface area contributed by atoms with Gasteiger partial charge in [0, 0.05) is 13.7 Å². The molecule has 0 unspecified atom stereocenters. The molecule has 106 valence electrons. The van der Waals surface area contributed by atoms with E-state index in [0.29, 0.717) is 29.3 Å². The van der Waals surface area contributed by atoms with Crippen LogP contribution in [0, 0.1) is 0 Å². The number of nitrogens with two attached hydrogens (primary N) is 1. The Morgan fingerprint density at radius 3 is 2.58 bits per heavy atom. The number of nitrogens with zero attached hydrogens (tertiary/aromatic N) is 2. The molecule has 2 N–H and O–H groups in total. The monoisotopic (exact) mass is 329 g/mol. The first-order valence-corrected chi connectivity index (χ1v) is 7.37. The van der Waals surface area contributed by atoms with Crippen LogP contribution in [-0.2, 0) is 21.7 Å². The summed E-state index contributed by atoms with van der Waals surface area (Å²) >= 11 is 3.41. The summed E-state index contributed by atoms with van der Waals surface area (Å²) in [4.78, 5) is 9.04. The van der Waals surface area contributed by atoms with Gasteiger partial charge in [-0.1, -0.05) is 0 Å². The topological polar surface area (TPSA) is 70.3 Å². The number of hydrogen-bond donors (Lipinski definition) is 1. The van der Waals surface area contributed by atoms with Crippen LogP contribution >= 0.6 is 15.9 Å². The highest BCUT2D eigenvalue weighted by molar-refractivity contribution is 9.10. The molecule has 0 saturated heterocycles. The molecular weight excluding hydrogens is 310 g/mol. The molecule has 0 radical (unpaired) electrons. The second-order valence-electron chi connectivity index (χ2n) is 4.76. The molecule has 0 spiro atoms. The molecule has 0 aromatic carbocycles. The minimum atomic E-state index is -0.369. The van der Waals surface area contributed by atoms with E-state index < -0.39 is 0 Å². The average Bonchev–Trinajstić information content (AvgIpc) is 2.85. The largest absolute Gasteiger partial charge is 0.383 e. The molecule has 1 heterocycles. The number of rotatable bonds is 5. The number of aromatic nitrogens is 2. The lowest BCUT2D eigenvalue weighted by molar-refractivity contribution is -0.0459. The van der Waals surface area contributed by atoms with Crippen LogP contribution in [0.2, 0.25) is 0 Å². The lowest BCUT2D eigenvalue weighted by Crippen LogP contribution is -2.30. The van der Waals surface area contributed by atoms with Crippen LogP contribution in [0.4, 0.5) is 5.82 Å². The summed E-state index contributed by atoms with van der Waals surface area (Å²) in [6.07, 6.45) is 4.18. The third-order valence-corrected chi connectivity index (χ3v) is 4.33. The van der Waals surface area contributed by atoms with E-state index in [1.807, 2.05) is 6.92 Å². The Morgan fingerprint density at radius 1 is 1.32 bits per heavy atom. The maximum atomic E-state index is 5.97. The average molecular weight is 330 g/mol. The van der Waals surface area contributed by atoms with Gasteiger partial charge in [-0.05, 0) is 48.5 Å². The Morgan fingerprint density at radius 2 is 2.00 bits per heavy atom. The predicted molar refractivity (Wildman–Crippen MR) is 76.6 cm³/mol. The molecule has 1 aliphatic carbocycles. The summed E-state index contributed by atoms with van der Waals surface area (Å²) in [7, 11) is 1.64. The number of halogens is 1. The van der Waals surface area contributed by atoms with E-state index in [4.69, 9.17) is 15.2 Å². The second-order valence-corrected chi connectivity index (χ2v) is 5.55. The first-order valence-electron chi connectivity index (χ1n) is 6.58. The second kappa shape index (κ2) is 6.15. The van der Waals surface area contributed by atoms with E-state index in [1.165, 1.54) is 0 Å². The van der Waals surface area contributed by atoms with E-state index in [0.717, 1.165) is 31.4 Å². The van der Waals surface area contributed by atoms with Crippen LogP contribution in [-0.4, -0.2) is 23.7 Å². The molecule has 0 aliphatic heterocycles. The van der Waals surface area contributed by atoms with Crippen LogP contribution in [0.3, 0.4) is 0 Å². The quantitative estimate of drug-likeness (QED) is 0.899. The van der Waals surface area contributed by atoms with E-state index in [9.17, 15) is 0 Å². The van der Waals surface area contributed by atoms with Crippen LogP contribution < -0.4 is 5.73 Å². The number of ether oxygens (including phenoxy) is 2. The smallest absolute Gasteiger partial charge is 0.163 e. The zero-order chi connectivity index (χ0) is 13.9. The lowest BCUT2D eigenvalue weighted by Gasteiger charge is -2.28. The summed E-state index contributed by atoms with van der Waals surface area (Å²) in [5.74, 6) is 1.14. The van der Waals surface area contributed by atoms with Crippen molar-refractivity contribution in [2.75, 3.05) is 19.5 Å². The number of methoxy groups -OCH3 is 1. The van der Waals surface area contributed by atoms with Crippen molar-refractivity contribution in [3.63, 3.8) is 0 Å². The Labute approximate surface area is 122 Å². The Balaban J connectivity index is 2.42. The minimum absolute atomic E-state index is 0.369. The molecule has 19 heavy (non-hydrogen) atoms. The summed E-state index contributed by atoms with van der Waals surface area (Å²) in [6, 6.07) is 0. The SMILES string of the molecule is CCOC1(c2nc(N)c(Br)c(COC)n2)CCCC1. The summed E-state index contributed by atoms with van der Waals surface area (Å²) < 4.78 is 11.8. The first kappa shape index (κ1) is 14.7. The van der Waals surface area contributed by atoms with Crippen LogP contribution in [0.25, 0.3) is 0 Å². The maximum Gasteiger partial charge on any atom is 0.163 e. The van der Waals surface area contributed by atoms with Gasteiger partial charge in [-0.3, -0.25) is 0 Å². The Hall–Kier alpha value is -0.720. The van der Waals surface area contributed by atoms with E-state index in [1.54, 1.807) is 7.11 Å². The fourth-order valence-electron chi connectivity index (χ4n) is 2.60. The van der Waals surface area contributed by atoms with Crippen LogP contribution in [0.15, 0.2) is 4.47 Å². The van der Waals surface area contributed by atoms with Gasteiger partial charge in [0.1, 0.15) is 11.4 Å². The van der Waals surface area contributed by atoms with Gasteiger partial charge in [0.05, 0.1) is 16.8 Å². The van der Waals surface area contributed by atoms with Gasteiger partial charge < -0.3 is 15.2 Å². The fraction of sp³-hybridized carbons (Fsp3) is 0.692. The molecule has 6 heteroatoms. The number of nitrogen functional groups attached to an aromatic ring is 1. The third-order valence-electron chi connectivity index (χ3n) is 3.47. The molecule has 1 saturated carbocycles. The molecule has 1 fully saturated rings. The van der Waals surface area contributed by atoms with Gasteiger partial charge in [-0.25, -0.2) is 9.97 Å². The number of anilines is 1. The predicted octanol–water partition coefficient (Wildman–Crippen LogP) is 2.77. The molecule has 0 atom stereocenters. The maximum absolute atomic E-state index is 5.97. The minimum Gasteiger partial charge on any atom is -0.383 e. The van der Waals surface area contributed by atoms with Crippen molar-refractivity contribution in [2.45, 2.75) is 44.8 Å². The van der Waals surface area contributed by atoms with Crippen molar-refractivity contribution >= 4 is 21.7 Å². The van der Waals surface area contributed by atoms with Crippen molar-refractivity contribution in [1.29, 1.82) is 0 Å². The summed E-state index contributed by atoms with van der Waals surface area (Å²) in [5.41, 5.74) is 6.37. The molecule has 5 nitrogen and oxygen atoms in total. The molecule has 0 amide bonds. The molecule has 1 aliphatic rings. The summed E-state index contributed by atoms with van der Waals surface area (Å²) in [6.45, 7) is 3.06. The van der Waals surface area contributed by atoms with Gasteiger partial charge in [0.15, 0.2) is 5.82 Å². The first-order chi connectivity index (χ1) is 9.13. The van der Waals surface area contributed by atoms with Crippen molar-refractivity contribution < 1.29 is 9.47 Å². The normalized spacial score (nSPS) is 17.8. The van der Waals surface area contributed by atoms with E-state index >= 15 is 0 Å². The number of hydrogen-bond acceptors (Lipinski definition) is 5. The van der Waals surface area contributed by atoms with Gasteiger partial charge in [0.2, 0.25) is 0 Å². The highest BCUT2D eigenvalue weighted by atomic mass is 79.9. The highest BCUT2D eigenvalue weighted by Gasteiger charge is 2.39. The Kier molecular flexibility index (Phi) is 4.76. The molecule has 2 rings (SSSR count). The Bertz CT molecular complexity index is 448. The van der Waals surface area contributed by atoms with Gasteiger partial charge in [0.25, 0.3) is 0 Å². The van der Waals surface area contributed by atoms with Crippen LogP contribution in [0.1, 0.15) is 44.1 Å². The van der Waals surface area contributed by atoms with E-state index in [2.05, 4.69) is 25.9 Å². The van der Waals surface area contributed by atoms with Crippen molar-refractivity contribution in [2.24, 2.45) is 0 Å². The van der Waals surface area contributed by atoms with Gasteiger partial charge in [-0.2, -0.15) is 0 Å². The molecular formula is C13H20BrN3O2. The van der Waals surface area contributed by atoms with Crippen molar-refractivity contribution in [3.8, 4) is 0 Å². The lowest BCUT2D eigenvalue weighted by atomic mass is 10.0. The standard InChI is InChI=1S/C13H20BrN3O2/c1-3-19-13(6-4-5-7-13)12-16-9(8-18-2)10(14)11(15)17-12/h3-8H2,1-2H3,(H2,15,16,17). The zero-order valence-electron chi connectivity index (χ0n) is 11.4. The summed E-state index contributed by atoms with van der Waals surface area (Å²) in [5, 5.41) is 0. The highest BCUT2D eigenvalue weighted by Crippen LogP contribution is 2.41. The molecule has 1 aromatic rings. The molecule has 0 bridgehead atoms. The molecule has 1 aromatic heterocycles. The van der Waals surface area contributed by atoms with Gasteiger partial charge in [-0.15, -0.1) is 0 Å². The van der Waals surface area contributed by atoms with Crippen LogP contribution in [0.5, 0.6) is 0 Å². The van der Waals surface area contributed by atoms with E-state index in [-0.39, 0.29) is 5.60 Å². The third kappa shape index (κ3) is 2.90. The zero-order valence-corrected chi connectivity index (χ0v) is 13.0.